The molecule has 1 fully saturated rings. The van der Waals surface area contributed by atoms with Crippen LogP contribution in [0.1, 0.15) is 29.0 Å². The summed E-state index contributed by atoms with van der Waals surface area (Å²) in [5.41, 5.74) is 2.31. The number of hydrogen-bond donors (Lipinski definition) is 0. The van der Waals surface area contributed by atoms with Gasteiger partial charge >= 0.3 is 0 Å². The van der Waals surface area contributed by atoms with Gasteiger partial charge in [-0.3, -0.25) is 9.20 Å². The third kappa shape index (κ3) is 2.53. The van der Waals surface area contributed by atoms with E-state index in [1.807, 2.05) is 47.7 Å². The zero-order chi connectivity index (χ0) is 15.0. The molecule has 3 rings (SSSR count). The summed E-state index contributed by atoms with van der Waals surface area (Å²) in [6.45, 7) is 4.01. The lowest BCUT2D eigenvalue weighted by Gasteiger charge is -2.35. The SMILES string of the molecule is Cc1nc2ccccn2c1C(=O)N(C)C1CCN(C)CC1. The molecule has 2 aromatic rings. The molecule has 0 saturated carbocycles. The van der Waals surface area contributed by atoms with Crippen LogP contribution in [0.15, 0.2) is 24.4 Å². The first-order valence-corrected chi connectivity index (χ1v) is 7.47. The minimum atomic E-state index is 0.0701. The summed E-state index contributed by atoms with van der Waals surface area (Å²) in [7, 11) is 4.05. The monoisotopic (exact) mass is 286 g/mol. The number of pyridine rings is 1. The van der Waals surface area contributed by atoms with E-state index in [-0.39, 0.29) is 5.91 Å². The van der Waals surface area contributed by atoms with E-state index in [1.54, 1.807) is 0 Å². The fourth-order valence-electron chi connectivity index (χ4n) is 3.09. The molecule has 0 radical (unpaired) electrons. The minimum absolute atomic E-state index is 0.0701. The van der Waals surface area contributed by atoms with E-state index in [1.165, 1.54) is 0 Å². The van der Waals surface area contributed by atoms with Gasteiger partial charge in [0.25, 0.3) is 5.91 Å². The van der Waals surface area contributed by atoms with Gasteiger partial charge in [-0.05, 0) is 52.0 Å². The molecule has 0 atom stereocenters. The number of nitrogens with zero attached hydrogens (tertiary/aromatic N) is 4. The first-order valence-electron chi connectivity index (χ1n) is 7.47. The van der Waals surface area contributed by atoms with E-state index < -0.39 is 0 Å². The minimum Gasteiger partial charge on any atom is -0.337 e. The fourth-order valence-corrected chi connectivity index (χ4v) is 3.09. The summed E-state index contributed by atoms with van der Waals surface area (Å²) in [6, 6.07) is 6.12. The highest BCUT2D eigenvalue weighted by atomic mass is 16.2. The van der Waals surface area contributed by atoms with Crippen molar-refractivity contribution in [2.24, 2.45) is 0 Å². The van der Waals surface area contributed by atoms with E-state index in [4.69, 9.17) is 0 Å². The largest absolute Gasteiger partial charge is 0.337 e. The zero-order valence-electron chi connectivity index (χ0n) is 12.9. The second kappa shape index (κ2) is 5.48. The number of likely N-dealkylation sites (tertiary alicyclic amines) is 1. The fraction of sp³-hybridized carbons (Fsp3) is 0.500. The van der Waals surface area contributed by atoms with Gasteiger partial charge in [0.1, 0.15) is 11.3 Å². The molecule has 3 heterocycles. The van der Waals surface area contributed by atoms with Crippen molar-refractivity contribution in [2.75, 3.05) is 27.2 Å². The predicted octanol–water partition coefficient (Wildman–Crippen LogP) is 1.81. The van der Waals surface area contributed by atoms with Gasteiger partial charge in [0, 0.05) is 19.3 Å². The molecule has 0 unspecified atom stereocenters. The number of piperidine rings is 1. The topological polar surface area (TPSA) is 40.9 Å². The van der Waals surface area contributed by atoms with Gasteiger partial charge in [0.05, 0.1) is 5.69 Å². The van der Waals surface area contributed by atoms with Crippen molar-refractivity contribution >= 4 is 11.6 Å². The van der Waals surface area contributed by atoms with Gasteiger partial charge < -0.3 is 9.80 Å². The van der Waals surface area contributed by atoms with E-state index in [2.05, 4.69) is 16.9 Å². The van der Waals surface area contributed by atoms with Crippen molar-refractivity contribution in [3.8, 4) is 0 Å². The number of aromatic nitrogens is 2. The van der Waals surface area contributed by atoms with Gasteiger partial charge in [-0.2, -0.15) is 0 Å². The van der Waals surface area contributed by atoms with Crippen LogP contribution in [-0.2, 0) is 0 Å². The van der Waals surface area contributed by atoms with Crippen LogP contribution in [0.3, 0.4) is 0 Å². The first kappa shape index (κ1) is 14.1. The second-order valence-electron chi connectivity index (χ2n) is 5.93. The lowest BCUT2D eigenvalue weighted by atomic mass is 10.0. The highest BCUT2D eigenvalue weighted by molar-refractivity contribution is 5.94. The van der Waals surface area contributed by atoms with Crippen molar-refractivity contribution < 1.29 is 4.79 Å². The van der Waals surface area contributed by atoms with Crippen LogP contribution in [0.2, 0.25) is 0 Å². The molecule has 5 nitrogen and oxygen atoms in total. The number of hydrogen-bond acceptors (Lipinski definition) is 3. The molecule has 1 saturated heterocycles. The van der Waals surface area contributed by atoms with Gasteiger partial charge in [0.15, 0.2) is 0 Å². The van der Waals surface area contributed by atoms with Crippen molar-refractivity contribution in [1.29, 1.82) is 0 Å². The summed E-state index contributed by atoms with van der Waals surface area (Å²) in [4.78, 5) is 21.6. The quantitative estimate of drug-likeness (QED) is 0.845. The van der Waals surface area contributed by atoms with Gasteiger partial charge in [-0.25, -0.2) is 4.98 Å². The highest BCUT2D eigenvalue weighted by Gasteiger charge is 2.27. The molecule has 2 aromatic heterocycles. The van der Waals surface area contributed by atoms with Crippen LogP contribution < -0.4 is 0 Å². The standard InChI is InChI=1S/C16H22N4O/c1-12-15(20-9-5-4-6-14(20)17-12)16(21)19(3)13-7-10-18(2)11-8-13/h4-6,9,13H,7-8,10-11H2,1-3H3. The third-order valence-corrected chi connectivity index (χ3v) is 4.46. The maximum absolute atomic E-state index is 12.9. The Morgan fingerprint density at radius 3 is 2.76 bits per heavy atom. The Labute approximate surface area is 125 Å². The Kier molecular flexibility index (Phi) is 3.68. The smallest absolute Gasteiger partial charge is 0.272 e. The van der Waals surface area contributed by atoms with Crippen LogP contribution in [-0.4, -0.2) is 58.3 Å². The van der Waals surface area contributed by atoms with E-state index in [9.17, 15) is 4.79 Å². The Hall–Kier alpha value is -1.88. The Morgan fingerprint density at radius 2 is 2.05 bits per heavy atom. The molecule has 0 aliphatic carbocycles. The molecular weight excluding hydrogens is 264 g/mol. The maximum Gasteiger partial charge on any atom is 0.272 e. The number of fused-ring (bicyclic) bond motifs is 1. The van der Waals surface area contributed by atoms with Crippen molar-refractivity contribution in [2.45, 2.75) is 25.8 Å². The lowest BCUT2D eigenvalue weighted by Crippen LogP contribution is -2.44. The van der Waals surface area contributed by atoms with Crippen LogP contribution in [0.5, 0.6) is 0 Å². The summed E-state index contributed by atoms with van der Waals surface area (Å²) in [5.74, 6) is 0.0701. The first-order chi connectivity index (χ1) is 10.1. The molecule has 1 aliphatic heterocycles. The van der Waals surface area contributed by atoms with E-state index >= 15 is 0 Å². The van der Waals surface area contributed by atoms with Gasteiger partial charge in [0.2, 0.25) is 0 Å². The summed E-state index contributed by atoms with van der Waals surface area (Å²) in [5, 5.41) is 0. The Bertz CT molecular complexity index is 655. The normalized spacial score (nSPS) is 17.3. The average Bonchev–Trinajstić information content (AvgIpc) is 2.82. The summed E-state index contributed by atoms with van der Waals surface area (Å²) >= 11 is 0. The molecular formula is C16H22N4O. The molecule has 112 valence electrons. The van der Waals surface area contributed by atoms with Gasteiger partial charge in [-0.15, -0.1) is 0 Å². The summed E-state index contributed by atoms with van der Waals surface area (Å²) in [6.07, 6.45) is 3.98. The number of aryl methyl sites for hydroxylation is 1. The van der Waals surface area contributed by atoms with E-state index in [0.717, 1.165) is 37.3 Å². The summed E-state index contributed by atoms with van der Waals surface area (Å²) < 4.78 is 1.89. The van der Waals surface area contributed by atoms with Crippen molar-refractivity contribution in [1.82, 2.24) is 19.2 Å². The molecule has 0 bridgehead atoms. The number of carbonyl (C=O) groups excluding carboxylic acids is 1. The third-order valence-electron chi connectivity index (χ3n) is 4.46. The Morgan fingerprint density at radius 1 is 1.33 bits per heavy atom. The van der Waals surface area contributed by atoms with Crippen molar-refractivity contribution in [3.05, 3.63) is 35.8 Å². The number of amides is 1. The molecule has 0 aromatic carbocycles. The van der Waals surface area contributed by atoms with Crippen LogP contribution in [0.4, 0.5) is 0 Å². The van der Waals surface area contributed by atoms with Gasteiger partial charge in [-0.1, -0.05) is 6.07 Å². The molecule has 1 aliphatic rings. The van der Waals surface area contributed by atoms with Crippen LogP contribution >= 0.6 is 0 Å². The number of imidazole rings is 1. The Balaban J connectivity index is 1.88. The zero-order valence-corrected chi connectivity index (χ0v) is 12.9. The lowest BCUT2D eigenvalue weighted by molar-refractivity contribution is 0.0652. The van der Waals surface area contributed by atoms with Crippen LogP contribution in [0.25, 0.3) is 5.65 Å². The molecule has 21 heavy (non-hydrogen) atoms. The number of carbonyl (C=O) groups is 1. The van der Waals surface area contributed by atoms with E-state index in [0.29, 0.717) is 11.7 Å². The molecule has 1 amide bonds. The molecule has 0 N–H and O–H groups in total. The predicted molar refractivity (Wildman–Crippen MR) is 82.5 cm³/mol. The van der Waals surface area contributed by atoms with Crippen LogP contribution in [0, 0.1) is 6.92 Å². The maximum atomic E-state index is 12.9. The number of rotatable bonds is 2. The second-order valence-corrected chi connectivity index (χ2v) is 5.93. The van der Waals surface area contributed by atoms with Crippen molar-refractivity contribution in [3.63, 3.8) is 0 Å². The molecule has 0 spiro atoms. The average molecular weight is 286 g/mol. The molecule has 5 heteroatoms. The highest BCUT2D eigenvalue weighted by Crippen LogP contribution is 2.19.